The number of likely N-dealkylation sites (tertiary alicyclic amines) is 1. The third-order valence-electron chi connectivity index (χ3n) is 4.12. The molecular weight excluding hydrogens is 294 g/mol. The van der Waals surface area contributed by atoms with Crippen molar-refractivity contribution >= 4 is 23.0 Å². The SMILES string of the molecule is CCC(CSC(=O)O)N1C(=O)C(C)C(O)C1C(O)C(C)C. The molecule has 3 N–H and O–H groups in total. The van der Waals surface area contributed by atoms with Crippen molar-refractivity contribution in [3.63, 3.8) is 0 Å². The molecule has 1 aliphatic heterocycles. The lowest BCUT2D eigenvalue weighted by atomic mass is 9.92. The largest absolute Gasteiger partial charge is 0.473 e. The first kappa shape index (κ1) is 18.3. The molecule has 122 valence electrons. The first-order valence-electron chi connectivity index (χ1n) is 7.26. The summed E-state index contributed by atoms with van der Waals surface area (Å²) in [6.45, 7) is 7.17. The predicted octanol–water partition coefficient (Wildman–Crippen LogP) is 1.40. The number of aliphatic hydroxyl groups is 2. The van der Waals surface area contributed by atoms with Gasteiger partial charge in [-0.15, -0.1) is 0 Å². The number of hydrogen-bond donors (Lipinski definition) is 3. The van der Waals surface area contributed by atoms with E-state index in [0.29, 0.717) is 6.42 Å². The Bertz CT molecular complexity index is 390. The average Bonchev–Trinajstić information content (AvgIpc) is 2.63. The van der Waals surface area contributed by atoms with Crippen LogP contribution < -0.4 is 0 Å². The zero-order chi connectivity index (χ0) is 16.3. The van der Waals surface area contributed by atoms with Gasteiger partial charge in [-0.1, -0.05) is 27.7 Å². The molecule has 0 aromatic heterocycles. The molecule has 1 fully saturated rings. The minimum absolute atomic E-state index is 0.102. The van der Waals surface area contributed by atoms with Crippen LogP contribution in [0.15, 0.2) is 0 Å². The summed E-state index contributed by atoms with van der Waals surface area (Å²) in [5.74, 6) is -0.648. The molecular formula is C14H25NO5S. The van der Waals surface area contributed by atoms with Crippen LogP contribution in [0.3, 0.4) is 0 Å². The molecule has 0 aromatic rings. The molecule has 0 spiro atoms. The lowest BCUT2D eigenvalue weighted by Gasteiger charge is -2.37. The predicted molar refractivity (Wildman–Crippen MR) is 81.2 cm³/mol. The quantitative estimate of drug-likeness (QED) is 0.684. The Balaban J connectivity index is 3.01. The van der Waals surface area contributed by atoms with Gasteiger partial charge in [-0.2, -0.15) is 0 Å². The standard InChI is InChI=1S/C14H25NO5S/c1-5-9(6-21-14(19)20)15-10(11(16)7(2)3)12(17)8(4)13(15)18/h7-12,16-17H,5-6H2,1-4H3,(H,19,20). The van der Waals surface area contributed by atoms with Gasteiger partial charge in [0.1, 0.15) is 0 Å². The average molecular weight is 319 g/mol. The van der Waals surface area contributed by atoms with E-state index in [1.807, 2.05) is 20.8 Å². The number of thioether (sulfide) groups is 1. The fraction of sp³-hybridized carbons (Fsp3) is 0.857. The number of amides is 1. The van der Waals surface area contributed by atoms with Crippen molar-refractivity contribution in [2.75, 3.05) is 5.75 Å². The Morgan fingerprint density at radius 2 is 2.00 bits per heavy atom. The second kappa shape index (κ2) is 7.47. The first-order valence-corrected chi connectivity index (χ1v) is 8.24. The van der Waals surface area contributed by atoms with E-state index in [2.05, 4.69) is 0 Å². The fourth-order valence-corrected chi connectivity index (χ4v) is 3.47. The van der Waals surface area contributed by atoms with Crippen molar-refractivity contribution in [2.45, 2.75) is 58.4 Å². The van der Waals surface area contributed by atoms with Gasteiger partial charge in [-0.25, -0.2) is 4.79 Å². The van der Waals surface area contributed by atoms with Gasteiger partial charge in [0.15, 0.2) is 0 Å². The van der Waals surface area contributed by atoms with Crippen molar-refractivity contribution in [1.29, 1.82) is 0 Å². The third kappa shape index (κ3) is 3.90. The minimum atomic E-state index is -0.991. The second-order valence-corrected chi connectivity index (χ2v) is 6.86. The summed E-state index contributed by atoms with van der Waals surface area (Å²) < 4.78 is 0. The number of rotatable bonds is 6. The molecule has 1 saturated heterocycles. The van der Waals surface area contributed by atoms with Crippen molar-refractivity contribution in [1.82, 2.24) is 4.90 Å². The van der Waals surface area contributed by atoms with Gasteiger partial charge in [-0.3, -0.25) is 4.79 Å². The van der Waals surface area contributed by atoms with E-state index in [1.54, 1.807) is 6.92 Å². The molecule has 1 heterocycles. The summed E-state index contributed by atoms with van der Waals surface area (Å²) in [4.78, 5) is 24.6. The van der Waals surface area contributed by atoms with Gasteiger partial charge in [0.05, 0.1) is 24.2 Å². The highest BCUT2D eigenvalue weighted by molar-refractivity contribution is 8.13. The topological polar surface area (TPSA) is 98.1 Å². The summed E-state index contributed by atoms with van der Waals surface area (Å²) in [6, 6.07) is -0.983. The molecule has 6 nitrogen and oxygen atoms in total. The molecule has 1 aliphatic rings. The zero-order valence-electron chi connectivity index (χ0n) is 12.9. The van der Waals surface area contributed by atoms with Crippen molar-refractivity contribution in [3.8, 4) is 0 Å². The van der Waals surface area contributed by atoms with Crippen LogP contribution in [0.25, 0.3) is 0 Å². The number of hydrogen-bond acceptors (Lipinski definition) is 5. The van der Waals surface area contributed by atoms with Crippen LogP contribution in [0.1, 0.15) is 34.1 Å². The number of carbonyl (C=O) groups excluding carboxylic acids is 1. The van der Waals surface area contributed by atoms with Gasteiger partial charge in [0.25, 0.3) is 0 Å². The number of carboxylic acid groups (broad SMARTS) is 1. The van der Waals surface area contributed by atoms with Crippen molar-refractivity contribution in [3.05, 3.63) is 0 Å². The maximum absolute atomic E-state index is 12.4. The summed E-state index contributed by atoms with van der Waals surface area (Å²) >= 11 is 0.737. The molecule has 1 rings (SSSR count). The molecule has 1 amide bonds. The third-order valence-corrected chi connectivity index (χ3v) is 4.92. The Labute approximate surface area is 129 Å². The maximum Gasteiger partial charge on any atom is 0.364 e. The van der Waals surface area contributed by atoms with E-state index in [0.717, 1.165) is 11.8 Å². The van der Waals surface area contributed by atoms with Crippen molar-refractivity contribution in [2.24, 2.45) is 11.8 Å². The number of aliphatic hydroxyl groups excluding tert-OH is 2. The van der Waals surface area contributed by atoms with E-state index in [-0.39, 0.29) is 23.6 Å². The molecule has 0 aliphatic carbocycles. The van der Waals surface area contributed by atoms with Gasteiger partial charge < -0.3 is 20.2 Å². The van der Waals surface area contributed by atoms with E-state index in [1.165, 1.54) is 4.90 Å². The number of nitrogens with zero attached hydrogens (tertiary/aromatic N) is 1. The maximum atomic E-state index is 12.4. The summed E-state index contributed by atoms with van der Waals surface area (Å²) in [5, 5.41) is 28.4. The summed E-state index contributed by atoms with van der Waals surface area (Å²) in [5.41, 5.74) is 0. The molecule has 0 saturated carbocycles. The normalized spacial score (nSPS) is 29.0. The number of carbonyl (C=O) groups is 2. The van der Waals surface area contributed by atoms with Crippen LogP contribution in [-0.2, 0) is 4.79 Å². The van der Waals surface area contributed by atoms with E-state index < -0.39 is 29.5 Å². The van der Waals surface area contributed by atoms with Crippen LogP contribution in [-0.4, -0.2) is 61.5 Å². The van der Waals surface area contributed by atoms with Gasteiger partial charge in [-0.05, 0) is 24.1 Å². The van der Waals surface area contributed by atoms with E-state index in [9.17, 15) is 19.8 Å². The minimum Gasteiger partial charge on any atom is -0.473 e. The smallest absolute Gasteiger partial charge is 0.364 e. The molecule has 0 bridgehead atoms. The second-order valence-electron chi connectivity index (χ2n) is 5.89. The van der Waals surface area contributed by atoms with Crippen molar-refractivity contribution < 1.29 is 24.9 Å². The molecule has 21 heavy (non-hydrogen) atoms. The molecule has 7 heteroatoms. The lowest BCUT2D eigenvalue weighted by molar-refractivity contribution is -0.135. The highest BCUT2D eigenvalue weighted by Crippen LogP contribution is 2.33. The Morgan fingerprint density at radius 3 is 2.43 bits per heavy atom. The van der Waals surface area contributed by atoms with Gasteiger partial charge >= 0.3 is 5.30 Å². The van der Waals surface area contributed by atoms with Crippen LogP contribution in [0, 0.1) is 11.8 Å². The summed E-state index contributed by atoms with van der Waals surface area (Å²) in [7, 11) is 0. The Morgan fingerprint density at radius 1 is 1.43 bits per heavy atom. The Kier molecular flexibility index (Phi) is 6.49. The fourth-order valence-electron chi connectivity index (χ4n) is 2.74. The summed E-state index contributed by atoms with van der Waals surface area (Å²) in [6.07, 6.45) is -1.19. The highest BCUT2D eigenvalue weighted by Gasteiger charge is 2.50. The lowest BCUT2D eigenvalue weighted by Crippen LogP contribution is -2.52. The monoisotopic (exact) mass is 319 g/mol. The van der Waals surface area contributed by atoms with Gasteiger partial charge in [0, 0.05) is 11.8 Å². The van der Waals surface area contributed by atoms with Crippen LogP contribution in [0.5, 0.6) is 0 Å². The van der Waals surface area contributed by atoms with E-state index in [4.69, 9.17) is 5.11 Å². The van der Waals surface area contributed by atoms with Crippen LogP contribution >= 0.6 is 11.8 Å². The van der Waals surface area contributed by atoms with Gasteiger partial charge in [0.2, 0.25) is 5.91 Å². The highest BCUT2D eigenvalue weighted by atomic mass is 32.2. The Hall–Kier alpha value is -0.790. The molecule has 0 aromatic carbocycles. The molecule has 5 unspecified atom stereocenters. The zero-order valence-corrected chi connectivity index (χ0v) is 13.7. The van der Waals surface area contributed by atoms with E-state index >= 15 is 0 Å². The van der Waals surface area contributed by atoms with Crippen LogP contribution in [0.2, 0.25) is 0 Å². The molecule has 5 atom stereocenters. The first-order chi connectivity index (χ1) is 9.72. The molecule has 0 radical (unpaired) electrons. The van der Waals surface area contributed by atoms with Crippen LogP contribution in [0.4, 0.5) is 4.79 Å².